The summed E-state index contributed by atoms with van der Waals surface area (Å²) in [6.07, 6.45) is 0. The van der Waals surface area contributed by atoms with E-state index in [0.29, 0.717) is 28.1 Å². The molecule has 0 aliphatic carbocycles. The zero-order valence-corrected chi connectivity index (χ0v) is 15.9. The Bertz CT molecular complexity index is 1140. The number of pyridine rings is 1. The third kappa shape index (κ3) is 3.74. The predicted molar refractivity (Wildman–Crippen MR) is 104 cm³/mol. The highest BCUT2D eigenvalue weighted by molar-refractivity contribution is 5.95. The highest BCUT2D eigenvalue weighted by atomic mass is 16.7. The summed E-state index contributed by atoms with van der Waals surface area (Å²) in [5, 5.41) is 12.0. The topological polar surface area (TPSA) is 101 Å². The second-order valence-corrected chi connectivity index (χ2v) is 6.85. The van der Waals surface area contributed by atoms with Crippen LogP contribution in [0.1, 0.15) is 32.7 Å². The maximum atomic E-state index is 12.7. The molecular weight excluding hydrogens is 376 g/mol. The Labute approximate surface area is 166 Å². The van der Waals surface area contributed by atoms with E-state index in [9.17, 15) is 14.9 Å². The number of ether oxygens (including phenoxy) is 3. The molecule has 0 spiro atoms. The van der Waals surface area contributed by atoms with Crippen LogP contribution in [-0.4, -0.2) is 22.7 Å². The number of aryl methyl sites for hydroxylation is 2. The van der Waals surface area contributed by atoms with Gasteiger partial charge >= 0.3 is 5.97 Å². The van der Waals surface area contributed by atoms with E-state index in [2.05, 4.69) is 4.98 Å². The van der Waals surface area contributed by atoms with Crippen LogP contribution in [0.3, 0.4) is 0 Å². The number of rotatable bonds is 4. The van der Waals surface area contributed by atoms with Crippen LogP contribution in [0.2, 0.25) is 0 Å². The third-order valence-corrected chi connectivity index (χ3v) is 4.72. The number of non-ortho nitro benzene ring substituents is 1. The molecule has 1 aliphatic heterocycles. The van der Waals surface area contributed by atoms with Crippen LogP contribution in [0, 0.1) is 24.0 Å². The van der Waals surface area contributed by atoms with Crippen molar-refractivity contribution in [2.45, 2.75) is 27.1 Å². The summed E-state index contributed by atoms with van der Waals surface area (Å²) >= 11 is 0. The summed E-state index contributed by atoms with van der Waals surface area (Å²) in [5.74, 6) is -0.0932. The van der Waals surface area contributed by atoms with Gasteiger partial charge in [0.2, 0.25) is 0 Å². The number of fused-ring (bicyclic) bond motifs is 2. The van der Waals surface area contributed by atoms with Crippen LogP contribution in [0.15, 0.2) is 36.4 Å². The fourth-order valence-electron chi connectivity index (χ4n) is 3.31. The van der Waals surface area contributed by atoms with Crippen LogP contribution in [0.5, 0.6) is 5.75 Å². The van der Waals surface area contributed by atoms with E-state index in [-0.39, 0.29) is 25.7 Å². The number of carbonyl (C=O) groups is 1. The van der Waals surface area contributed by atoms with E-state index in [1.165, 1.54) is 12.1 Å². The molecule has 0 N–H and O–H groups in total. The lowest BCUT2D eigenvalue weighted by molar-refractivity contribution is -0.385. The lowest BCUT2D eigenvalue weighted by atomic mass is 10.1. The second-order valence-electron chi connectivity index (χ2n) is 6.85. The molecule has 3 aromatic rings. The number of esters is 1. The molecule has 0 radical (unpaired) electrons. The molecule has 0 saturated carbocycles. The van der Waals surface area contributed by atoms with E-state index < -0.39 is 10.9 Å². The fraction of sp³-hybridized carbons (Fsp3) is 0.238. The van der Waals surface area contributed by atoms with Crippen molar-refractivity contribution in [3.63, 3.8) is 0 Å². The van der Waals surface area contributed by atoms with Crippen molar-refractivity contribution in [2.24, 2.45) is 0 Å². The molecule has 8 nitrogen and oxygen atoms in total. The number of benzene rings is 2. The van der Waals surface area contributed by atoms with Gasteiger partial charge in [-0.05, 0) is 32.0 Å². The molecule has 8 heteroatoms. The molecule has 148 valence electrons. The van der Waals surface area contributed by atoms with Gasteiger partial charge < -0.3 is 14.2 Å². The minimum absolute atomic E-state index is 0.0405. The van der Waals surface area contributed by atoms with Crippen LogP contribution >= 0.6 is 0 Å². The molecular formula is C21H18N2O6. The number of aromatic nitrogens is 1. The van der Waals surface area contributed by atoms with E-state index in [0.717, 1.165) is 16.5 Å². The van der Waals surface area contributed by atoms with E-state index in [1.807, 2.05) is 25.1 Å². The van der Waals surface area contributed by atoms with Gasteiger partial charge in [-0.15, -0.1) is 0 Å². The molecule has 0 unspecified atom stereocenters. The Morgan fingerprint density at radius 3 is 2.86 bits per heavy atom. The van der Waals surface area contributed by atoms with Crippen molar-refractivity contribution in [1.82, 2.24) is 4.98 Å². The van der Waals surface area contributed by atoms with Crippen molar-refractivity contribution < 1.29 is 23.9 Å². The normalized spacial score (nSPS) is 12.9. The van der Waals surface area contributed by atoms with Gasteiger partial charge in [-0.1, -0.05) is 11.6 Å². The average Bonchev–Trinajstić information content (AvgIpc) is 2.71. The van der Waals surface area contributed by atoms with Crippen LogP contribution < -0.4 is 4.74 Å². The first kappa shape index (κ1) is 18.8. The molecule has 0 atom stereocenters. The van der Waals surface area contributed by atoms with E-state index >= 15 is 0 Å². The molecule has 2 aromatic carbocycles. The van der Waals surface area contributed by atoms with E-state index in [4.69, 9.17) is 14.2 Å². The summed E-state index contributed by atoms with van der Waals surface area (Å²) in [6, 6.07) is 10.3. The number of hydrogen-bond donors (Lipinski definition) is 0. The Balaban J connectivity index is 1.62. The number of nitro groups is 1. The van der Waals surface area contributed by atoms with Gasteiger partial charge in [-0.25, -0.2) is 4.79 Å². The Kier molecular flexibility index (Phi) is 4.85. The molecule has 0 amide bonds. The Morgan fingerprint density at radius 1 is 1.24 bits per heavy atom. The number of carbonyl (C=O) groups excluding carboxylic acids is 1. The molecule has 0 fully saturated rings. The standard InChI is InChI=1S/C21H18N2O6/c1-12-3-4-19-14(5-12)8-18(13(2)22-19)21(24)28-10-16-7-17(23(25)26)6-15-9-27-11-29-20(15)16/h3-8H,9-11H2,1-2H3. The Morgan fingerprint density at radius 2 is 2.07 bits per heavy atom. The fourth-order valence-corrected chi connectivity index (χ4v) is 3.31. The lowest BCUT2D eigenvalue weighted by Crippen LogP contribution is -2.15. The monoisotopic (exact) mass is 394 g/mol. The van der Waals surface area contributed by atoms with Crippen LogP contribution in [0.4, 0.5) is 5.69 Å². The SMILES string of the molecule is Cc1ccc2nc(C)c(C(=O)OCc3cc([N+](=O)[O-])cc4c3OCOC4)cc2c1. The first-order valence-corrected chi connectivity index (χ1v) is 8.98. The van der Waals surface area contributed by atoms with Crippen molar-refractivity contribution >= 4 is 22.6 Å². The quantitative estimate of drug-likeness (QED) is 0.375. The van der Waals surface area contributed by atoms with Gasteiger partial charge in [0.05, 0.1) is 28.3 Å². The molecule has 29 heavy (non-hydrogen) atoms. The first-order valence-electron chi connectivity index (χ1n) is 8.98. The van der Waals surface area contributed by atoms with Crippen LogP contribution in [0.25, 0.3) is 10.9 Å². The summed E-state index contributed by atoms with van der Waals surface area (Å²) in [4.78, 5) is 27.9. The van der Waals surface area contributed by atoms with Gasteiger partial charge in [0, 0.05) is 28.6 Å². The molecule has 0 saturated heterocycles. The number of nitrogens with zero attached hydrogens (tertiary/aromatic N) is 2. The smallest absolute Gasteiger partial charge is 0.340 e. The molecule has 1 aliphatic rings. The zero-order valence-electron chi connectivity index (χ0n) is 15.9. The minimum Gasteiger partial charge on any atom is -0.467 e. The molecule has 4 rings (SSSR count). The maximum absolute atomic E-state index is 12.7. The first-order chi connectivity index (χ1) is 13.9. The maximum Gasteiger partial charge on any atom is 0.340 e. The summed E-state index contributed by atoms with van der Waals surface area (Å²) in [5.41, 5.74) is 3.63. The second kappa shape index (κ2) is 7.48. The van der Waals surface area contributed by atoms with E-state index in [1.54, 1.807) is 13.0 Å². The largest absolute Gasteiger partial charge is 0.467 e. The van der Waals surface area contributed by atoms with Gasteiger partial charge in [0.1, 0.15) is 12.4 Å². The zero-order chi connectivity index (χ0) is 20.5. The molecule has 2 heterocycles. The molecule has 1 aromatic heterocycles. The predicted octanol–water partition coefficient (Wildman–Crippen LogP) is 3.98. The van der Waals surface area contributed by atoms with Gasteiger partial charge in [-0.2, -0.15) is 0 Å². The van der Waals surface area contributed by atoms with Crippen LogP contribution in [-0.2, 0) is 22.7 Å². The highest BCUT2D eigenvalue weighted by Crippen LogP contribution is 2.33. The minimum atomic E-state index is -0.550. The van der Waals surface area contributed by atoms with Crippen molar-refractivity contribution in [3.8, 4) is 5.75 Å². The summed E-state index contributed by atoms with van der Waals surface area (Å²) in [7, 11) is 0. The lowest BCUT2D eigenvalue weighted by Gasteiger charge is -2.20. The third-order valence-electron chi connectivity index (χ3n) is 4.72. The van der Waals surface area contributed by atoms with Crippen molar-refractivity contribution in [1.29, 1.82) is 0 Å². The number of hydrogen-bond acceptors (Lipinski definition) is 7. The van der Waals surface area contributed by atoms with Gasteiger partial charge in [0.25, 0.3) is 5.69 Å². The average molecular weight is 394 g/mol. The van der Waals surface area contributed by atoms with Crippen molar-refractivity contribution in [3.05, 3.63) is 74.5 Å². The Hall–Kier alpha value is -3.52. The molecule has 0 bridgehead atoms. The highest BCUT2D eigenvalue weighted by Gasteiger charge is 2.22. The summed E-state index contributed by atoms with van der Waals surface area (Å²) < 4.78 is 16.1. The van der Waals surface area contributed by atoms with Crippen molar-refractivity contribution in [2.75, 3.05) is 6.79 Å². The summed E-state index contributed by atoms with van der Waals surface area (Å²) in [6.45, 7) is 3.79. The van der Waals surface area contributed by atoms with Gasteiger partial charge in [-0.3, -0.25) is 15.1 Å². The van der Waals surface area contributed by atoms with Gasteiger partial charge in [0.15, 0.2) is 6.79 Å². The number of nitro benzene ring substituents is 1.